The minimum absolute atomic E-state index is 0.00861. The number of nitrogens with one attached hydrogen (secondary N) is 1. The number of aromatic hydroxyl groups is 1. The van der Waals surface area contributed by atoms with Gasteiger partial charge in [-0.05, 0) is 54.1 Å². The Bertz CT molecular complexity index is 1200. The third-order valence-corrected chi connectivity index (χ3v) is 6.57. The topological polar surface area (TPSA) is 110 Å². The standard InChI is InChI=1S/C24H23NO6S/c1-31-21-12-8-18(9-13-21)25-24(28)22-4-2-3-5-23(22)32(29,30)15-14-20(27)16-17-6-10-19(26)11-7-17/h2-13,26H,14-16H2,1H3,(H,25,28). The fourth-order valence-electron chi connectivity index (χ4n) is 3.09. The fraction of sp³-hybridized carbons (Fsp3) is 0.167. The van der Waals surface area contributed by atoms with Crippen molar-refractivity contribution in [3.05, 3.63) is 83.9 Å². The third kappa shape index (κ3) is 5.95. The number of hydrogen-bond donors (Lipinski definition) is 2. The molecule has 1 amide bonds. The van der Waals surface area contributed by atoms with Crippen LogP contribution >= 0.6 is 0 Å². The number of anilines is 1. The molecule has 0 spiro atoms. The summed E-state index contributed by atoms with van der Waals surface area (Å²) in [6.45, 7) is 0. The largest absolute Gasteiger partial charge is 0.508 e. The molecule has 0 aliphatic rings. The zero-order valence-electron chi connectivity index (χ0n) is 17.4. The predicted molar refractivity (Wildman–Crippen MR) is 121 cm³/mol. The molecule has 0 fully saturated rings. The molecule has 7 nitrogen and oxygen atoms in total. The second kappa shape index (κ2) is 10.1. The molecule has 0 radical (unpaired) electrons. The third-order valence-electron chi connectivity index (χ3n) is 4.80. The van der Waals surface area contributed by atoms with Crippen LogP contribution in [-0.2, 0) is 21.1 Å². The maximum absolute atomic E-state index is 12.9. The first-order valence-corrected chi connectivity index (χ1v) is 11.5. The molecule has 3 aromatic rings. The van der Waals surface area contributed by atoms with Crippen molar-refractivity contribution in [2.45, 2.75) is 17.7 Å². The summed E-state index contributed by atoms with van der Waals surface area (Å²) in [7, 11) is -2.34. The number of carbonyl (C=O) groups is 2. The lowest BCUT2D eigenvalue weighted by Crippen LogP contribution is -2.19. The predicted octanol–water partition coefficient (Wildman–Crippen LogP) is 3.63. The Balaban J connectivity index is 1.70. The normalized spacial score (nSPS) is 11.0. The Morgan fingerprint density at radius 1 is 0.938 bits per heavy atom. The van der Waals surface area contributed by atoms with Gasteiger partial charge in [-0.15, -0.1) is 0 Å². The van der Waals surface area contributed by atoms with Crippen LogP contribution < -0.4 is 10.1 Å². The molecule has 0 aliphatic carbocycles. The number of Topliss-reactive ketones (excluding diaryl/α,β-unsaturated/α-hetero) is 1. The van der Waals surface area contributed by atoms with Crippen molar-refractivity contribution in [1.29, 1.82) is 0 Å². The van der Waals surface area contributed by atoms with Gasteiger partial charge in [-0.3, -0.25) is 9.59 Å². The number of phenols is 1. The highest BCUT2D eigenvalue weighted by atomic mass is 32.2. The van der Waals surface area contributed by atoms with Crippen LogP contribution in [0.3, 0.4) is 0 Å². The highest BCUT2D eigenvalue weighted by Gasteiger charge is 2.23. The van der Waals surface area contributed by atoms with Gasteiger partial charge < -0.3 is 15.2 Å². The van der Waals surface area contributed by atoms with E-state index in [1.807, 2.05) is 0 Å². The van der Waals surface area contributed by atoms with Crippen molar-refractivity contribution in [3.63, 3.8) is 0 Å². The molecule has 0 saturated heterocycles. The second-order valence-electron chi connectivity index (χ2n) is 7.13. The van der Waals surface area contributed by atoms with Gasteiger partial charge >= 0.3 is 0 Å². The smallest absolute Gasteiger partial charge is 0.256 e. The van der Waals surface area contributed by atoms with Crippen LogP contribution in [0.5, 0.6) is 11.5 Å². The molecular formula is C24H23NO6S. The van der Waals surface area contributed by atoms with Crippen LogP contribution in [0.15, 0.2) is 77.7 Å². The van der Waals surface area contributed by atoms with E-state index in [9.17, 15) is 23.1 Å². The Kier molecular flexibility index (Phi) is 7.27. The zero-order valence-corrected chi connectivity index (χ0v) is 18.3. The summed E-state index contributed by atoms with van der Waals surface area (Å²) in [6, 6.07) is 18.7. The van der Waals surface area contributed by atoms with Gasteiger partial charge in [0.25, 0.3) is 5.91 Å². The SMILES string of the molecule is COc1ccc(NC(=O)c2ccccc2S(=O)(=O)CCC(=O)Cc2ccc(O)cc2)cc1. The number of phenolic OH excluding ortho intramolecular Hbond substituents is 1. The number of amides is 1. The average Bonchev–Trinajstić information content (AvgIpc) is 2.80. The van der Waals surface area contributed by atoms with Gasteiger partial charge in [0, 0.05) is 18.5 Å². The first kappa shape index (κ1) is 23.0. The Hall–Kier alpha value is -3.65. The van der Waals surface area contributed by atoms with Crippen LogP contribution in [0, 0.1) is 0 Å². The van der Waals surface area contributed by atoms with Crippen molar-refractivity contribution >= 4 is 27.2 Å². The van der Waals surface area contributed by atoms with E-state index in [0.717, 1.165) is 0 Å². The molecule has 32 heavy (non-hydrogen) atoms. The van der Waals surface area contributed by atoms with Crippen LogP contribution in [-0.4, -0.2) is 38.1 Å². The van der Waals surface area contributed by atoms with Gasteiger partial charge in [0.05, 0.1) is 23.3 Å². The molecule has 166 valence electrons. The monoisotopic (exact) mass is 453 g/mol. The summed E-state index contributed by atoms with van der Waals surface area (Å²) < 4.78 is 30.9. The molecule has 3 aromatic carbocycles. The number of rotatable bonds is 9. The van der Waals surface area contributed by atoms with Crippen molar-refractivity contribution in [1.82, 2.24) is 0 Å². The first-order valence-electron chi connectivity index (χ1n) is 9.85. The van der Waals surface area contributed by atoms with E-state index in [1.165, 1.54) is 37.4 Å². The van der Waals surface area contributed by atoms with Crippen LogP contribution in [0.1, 0.15) is 22.3 Å². The van der Waals surface area contributed by atoms with E-state index in [0.29, 0.717) is 17.0 Å². The Morgan fingerprint density at radius 2 is 1.59 bits per heavy atom. The molecule has 0 aliphatic heterocycles. The van der Waals surface area contributed by atoms with Gasteiger partial charge in [-0.25, -0.2) is 8.42 Å². The number of ether oxygens (including phenoxy) is 1. The average molecular weight is 454 g/mol. The van der Waals surface area contributed by atoms with Gasteiger partial charge in [-0.2, -0.15) is 0 Å². The molecule has 8 heteroatoms. The highest BCUT2D eigenvalue weighted by molar-refractivity contribution is 7.91. The summed E-state index contributed by atoms with van der Waals surface area (Å²) in [5.41, 5.74) is 1.19. The maximum atomic E-state index is 12.9. The van der Waals surface area contributed by atoms with E-state index in [2.05, 4.69) is 5.32 Å². The highest BCUT2D eigenvalue weighted by Crippen LogP contribution is 2.21. The lowest BCUT2D eigenvalue weighted by molar-refractivity contribution is -0.118. The van der Waals surface area contributed by atoms with Crippen molar-refractivity contribution in [2.75, 3.05) is 18.2 Å². The van der Waals surface area contributed by atoms with E-state index in [4.69, 9.17) is 4.74 Å². The zero-order chi connectivity index (χ0) is 23.1. The number of hydrogen-bond acceptors (Lipinski definition) is 6. The van der Waals surface area contributed by atoms with Gasteiger partial charge in [0.2, 0.25) is 0 Å². The molecule has 0 atom stereocenters. The minimum Gasteiger partial charge on any atom is -0.508 e. The summed E-state index contributed by atoms with van der Waals surface area (Å²) in [4.78, 5) is 24.9. The summed E-state index contributed by atoms with van der Waals surface area (Å²) in [6.07, 6.45) is -0.118. The van der Waals surface area contributed by atoms with Crippen molar-refractivity contribution in [2.24, 2.45) is 0 Å². The quantitative estimate of drug-likeness (QED) is 0.512. The van der Waals surface area contributed by atoms with E-state index in [1.54, 1.807) is 42.5 Å². The number of benzene rings is 3. The molecule has 3 rings (SSSR count). The Labute approximate surface area is 186 Å². The molecule has 0 saturated carbocycles. The van der Waals surface area contributed by atoms with Crippen molar-refractivity contribution < 1.29 is 27.9 Å². The lowest BCUT2D eigenvalue weighted by atomic mass is 10.1. The molecule has 0 aromatic heterocycles. The van der Waals surface area contributed by atoms with Crippen LogP contribution in [0.4, 0.5) is 5.69 Å². The number of carbonyl (C=O) groups excluding carboxylic acids is 2. The number of sulfone groups is 1. The van der Waals surface area contributed by atoms with Gasteiger partial charge in [0.1, 0.15) is 17.3 Å². The summed E-state index contributed by atoms with van der Waals surface area (Å²) in [5, 5.41) is 12.0. The molecule has 0 heterocycles. The Morgan fingerprint density at radius 3 is 2.25 bits per heavy atom. The number of ketones is 1. The van der Waals surface area contributed by atoms with E-state index < -0.39 is 21.5 Å². The summed E-state index contributed by atoms with van der Waals surface area (Å²) >= 11 is 0. The minimum atomic E-state index is -3.87. The lowest BCUT2D eigenvalue weighted by Gasteiger charge is -2.11. The molecular weight excluding hydrogens is 430 g/mol. The molecule has 0 bridgehead atoms. The second-order valence-corrected chi connectivity index (χ2v) is 9.21. The van der Waals surface area contributed by atoms with Crippen LogP contribution in [0.2, 0.25) is 0 Å². The fourth-order valence-corrected chi connectivity index (χ4v) is 4.58. The number of methoxy groups -OCH3 is 1. The maximum Gasteiger partial charge on any atom is 0.256 e. The van der Waals surface area contributed by atoms with Gasteiger partial charge in [0.15, 0.2) is 9.84 Å². The van der Waals surface area contributed by atoms with Crippen molar-refractivity contribution in [3.8, 4) is 11.5 Å². The summed E-state index contributed by atoms with van der Waals surface area (Å²) in [5.74, 6) is -0.503. The first-order chi connectivity index (χ1) is 15.3. The van der Waals surface area contributed by atoms with E-state index in [-0.39, 0.29) is 34.8 Å². The molecule has 2 N–H and O–H groups in total. The molecule has 0 unspecified atom stereocenters. The van der Waals surface area contributed by atoms with E-state index >= 15 is 0 Å². The van der Waals surface area contributed by atoms with Gasteiger partial charge in [-0.1, -0.05) is 24.3 Å². The van der Waals surface area contributed by atoms with Crippen LogP contribution in [0.25, 0.3) is 0 Å².